The van der Waals surface area contributed by atoms with Crippen molar-refractivity contribution in [3.05, 3.63) is 29.8 Å². The van der Waals surface area contributed by atoms with Crippen LogP contribution in [0.25, 0.3) is 0 Å². The molecule has 1 nitrogen and oxygen atoms in total. The number of methoxy groups -OCH3 is 1. The van der Waals surface area contributed by atoms with E-state index in [1.54, 1.807) is 7.11 Å². The van der Waals surface area contributed by atoms with Crippen LogP contribution in [-0.2, 0) is 6.42 Å². The number of hydrogen-bond donors (Lipinski definition) is 0. The van der Waals surface area contributed by atoms with Crippen LogP contribution in [0.3, 0.4) is 0 Å². The van der Waals surface area contributed by atoms with Crippen molar-refractivity contribution >= 4 is 17.6 Å². The highest BCUT2D eigenvalue weighted by molar-refractivity contribution is 7.78. The van der Waals surface area contributed by atoms with Crippen LogP contribution in [0.2, 0.25) is 0 Å². The average molecular weight is 179 g/mol. The molecule has 1 aromatic carbocycles. The highest BCUT2D eigenvalue weighted by Crippen LogP contribution is 2.11. The van der Waals surface area contributed by atoms with Gasteiger partial charge in [-0.25, -0.2) is 0 Å². The lowest BCUT2D eigenvalue weighted by Crippen LogP contribution is -1.86. The first-order valence-electron chi connectivity index (χ1n) is 3.84. The molecule has 0 N–H and O–H groups in total. The van der Waals surface area contributed by atoms with Crippen molar-refractivity contribution in [1.29, 1.82) is 0 Å². The number of benzene rings is 1. The number of aryl methyl sites for hydroxylation is 1. The van der Waals surface area contributed by atoms with Crippen LogP contribution in [0.4, 0.5) is 0 Å². The Bertz CT molecular complexity index is 241. The van der Waals surface area contributed by atoms with E-state index in [2.05, 4.69) is 17.6 Å². The fourth-order valence-electron chi connectivity index (χ4n) is 0.988. The molecule has 12 heavy (non-hydrogen) atoms. The molecule has 0 atom stereocenters. The van der Waals surface area contributed by atoms with E-state index in [1.165, 1.54) is 5.56 Å². The third-order valence-electron chi connectivity index (χ3n) is 1.67. The summed E-state index contributed by atoms with van der Waals surface area (Å²) in [6.45, 7) is 0. The molecule has 1 rings (SSSR count). The van der Waals surface area contributed by atoms with Gasteiger partial charge in [0.05, 0.1) is 7.11 Å². The van der Waals surface area contributed by atoms with Crippen molar-refractivity contribution in [3.8, 4) is 5.75 Å². The third kappa shape index (κ3) is 2.62. The topological polar surface area (TPSA) is 9.23 Å². The summed E-state index contributed by atoms with van der Waals surface area (Å²) in [6, 6.07) is 8.01. The van der Waals surface area contributed by atoms with Gasteiger partial charge in [0.25, 0.3) is 0 Å². The van der Waals surface area contributed by atoms with Crippen LogP contribution >= 0.6 is 12.2 Å². The summed E-state index contributed by atoms with van der Waals surface area (Å²) in [6.07, 6.45) is 1.80. The zero-order chi connectivity index (χ0) is 8.81. The Morgan fingerprint density at radius 3 is 2.50 bits per heavy atom. The van der Waals surface area contributed by atoms with Gasteiger partial charge in [0.15, 0.2) is 0 Å². The standard InChI is InChI=1S/C10H11OS/c1-11-10-6-4-9(5-7-10)3-2-8-12/h4-7H,2-3H2,1H3. The SMILES string of the molecule is COc1ccc(CC[C]=S)cc1. The fraction of sp³-hybridized carbons (Fsp3) is 0.300. The van der Waals surface area contributed by atoms with E-state index >= 15 is 0 Å². The van der Waals surface area contributed by atoms with Crippen molar-refractivity contribution in [1.82, 2.24) is 0 Å². The molecular formula is C10H11OS. The van der Waals surface area contributed by atoms with Gasteiger partial charge in [0.1, 0.15) is 5.75 Å². The van der Waals surface area contributed by atoms with Crippen LogP contribution < -0.4 is 4.74 Å². The van der Waals surface area contributed by atoms with Crippen molar-refractivity contribution in [2.45, 2.75) is 12.8 Å². The minimum absolute atomic E-state index is 0.835. The largest absolute Gasteiger partial charge is 0.497 e. The van der Waals surface area contributed by atoms with Crippen LogP contribution in [0.15, 0.2) is 24.3 Å². The Balaban J connectivity index is 2.58. The summed E-state index contributed by atoms with van der Waals surface area (Å²) >= 11 is 4.63. The molecule has 0 aliphatic rings. The van der Waals surface area contributed by atoms with E-state index in [4.69, 9.17) is 4.74 Å². The Labute approximate surface area is 78.4 Å². The first-order valence-corrected chi connectivity index (χ1v) is 4.25. The summed E-state index contributed by atoms with van der Waals surface area (Å²) in [4.78, 5) is 0. The van der Waals surface area contributed by atoms with E-state index in [0.717, 1.165) is 18.6 Å². The second-order valence-corrected chi connectivity index (χ2v) is 2.78. The molecule has 0 heterocycles. The molecule has 0 aliphatic carbocycles. The average Bonchev–Trinajstić information content (AvgIpc) is 2.15. The van der Waals surface area contributed by atoms with Crippen molar-refractivity contribution in [2.24, 2.45) is 0 Å². The lowest BCUT2D eigenvalue weighted by molar-refractivity contribution is 0.414. The number of ether oxygens (including phenoxy) is 1. The zero-order valence-electron chi connectivity index (χ0n) is 7.04. The Hall–Kier alpha value is -0.890. The van der Waals surface area contributed by atoms with Gasteiger partial charge in [-0.2, -0.15) is 0 Å². The predicted octanol–water partition coefficient (Wildman–Crippen LogP) is 2.50. The first kappa shape index (κ1) is 9.20. The zero-order valence-corrected chi connectivity index (χ0v) is 7.86. The normalized spacial score (nSPS) is 9.42. The third-order valence-corrected chi connectivity index (χ3v) is 1.88. The van der Waals surface area contributed by atoms with Crippen molar-refractivity contribution in [3.63, 3.8) is 0 Å². The van der Waals surface area contributed by atoms with E-state index in [9.17, 15) is 0 Å². The van der Waals surface area contributed by atoms with Gasteiger partial charge in [-0.3, -0.25) is 0 Å². The maximum atomic E-state index is 5.04. The van der Waals surface area contributed by atoms with E-state index < -0.39 is 0 Å². The maximum absolute atomic E-state index is 5.04. The van der Waals surface area contributed by atoms with E-state index in [0.29, 0.717) is 0 Å². The van der Waals surface area contributed by atoms with E-state index in [-0.39, 0.29) is 0 Å². The number of hydrogen-bond acceptors (Lipinski definition) is 2. The van der Waals surface area contributed by atoms with Crippen LogP contribution in [-0.4, -0.2) is 12.5 Å². The summed E-state index contributed by atoms with van der Waals surface area (Å²) in [5, 5.41) is 2.70. The van der Waals surface area contributed by atoms with Crippen LogP contribution in [0, 0.1) is 0 Å². The fourth-order valence-corrected chi connectivity index (χ4v) is 1.09. The lowest BCUT2D eigenvalue weighted by atomic mass is 10.1. The molecule has 0 aromatic heterocycles. The second-order valence-electron chi connectivity index (χ2n) is 2.49. The van der Waals surface area contributed by atoms with Gasteiger partial charge < -0.3 is 4.74 Å². The van der Waals surface area contributed by atoms with Gasteiger partial charge in [-0.15, -0.1) is 0 Å². The predicted molar refractivity (Wildman–Crippen MR) is 53.9 cm³/mol. The molecule has 2 heteroatoms. The molecule has 0 saturated heterocycles. The highest BCUT2D eigenvalue weighted by atomic mass is 32.1. The number of rotatable bonds is 4. The number of thiocarbonyl (C=S) groups is 1. The summed E-state index contributed by atoms with van der Waals surface area (Å²) < 4.78 is 5.04. The molecule has 0 bridgehead atoms. The van der Waals surface area contributed by atoms with Crippen LogP contribution in [0.5, 0.6) is 5.75 Å². The minimum Gasteiger partial charge on any atom is -0.497 e. The quantitative estimate of drug-likeness (QED) is 0.657. The molecular weight excluding hydrogens is 168 g/mol. The highest BCUT2D eigenvalue weighted by Gasteiger charge is 1.92. The monoisotopic (exact) mass is 179 g/mol. The summed E-state index contributed by atoms with van der Waals surface area (Å²) in [5.74, 6) is 0.894. The minimum atomic E-state index is 0.835. The Morgan fingerprint density at radius 1 is 1.33 bits per heavy atom. The second kappa shape index (κ2) is 4.88. The molecule has 63 valence electrons. The van der Waals surface area contributed by atoms with Gasteiger partial charge in [-0.1, -0.05) is 24.4 Å². The molecule has 0 aliphatic heterocycles. The maximum Gasteiger partial charge on any atom is 0.118 e. The molecule has 0 saturated carbocycles. The van der Waals surface area contributed by atoms with Crippen molar-refractivity contribution < 1.29 is 4.74 Å². The van der Waals surface area contributed by atoms with Gasteiger partial charge in [-0.05, 0) is 30.5 Å². The smallest absolute Gasteiger partial charge is 0.118 e. The van der Waals surface area contributed by atoms with E-state index in [1.807, 2.05) is 24.3 Å². The molecule has 1 radical (unpaired) electrons. The van der Waals surface area contributed by atoms with Gasteiger partial charge >= 0.3 is 0 Å². The Kier molecular flexibility index (Phi) is 3.74. The molecule has 0 fully saturated rings. The van der Waals surface area contributed by atoms with Crippen molar-refractivity contribution in [2.75, 3.05) is 7.11 Å². The molecule has 0 unspecified atom stereocenters. The molecule has 0 spiro atoms. The van der Waals surface area contributed by atoms with Gasteiger partial charge in [0, 0.05) is 5.37 Å². The summed E-state index contributed by atoms with van der Waals surface area (Å²) in [5.41, 5.74) is 1.27. The molecule has 0 amide bonds. The Morgan fingerprint density at radius 2 is 2.00 bits per heavy atom. The first-order chi connectivity index (χ1) is 5.86. The van der Waals surface area contributed by atoms with Gasteiger partial charge in [0.2, 0.25) is 0 Å². The summed E-state index contributed by atoms with van der Waals surface area (Å²) in [7, 11) is 1.67. The van der Waals surface area contributed by atoms with Crippen LogP contribution in [0.1, 0.15) is 12.0 Å². The lowest BCUT2D eigenvalue weighted by Gasteiger charge is -2.00. The molecule has 1 aromatic rings.